The van der Waals surface area contributed by atoms with Crippen molar-refractivity contribution in [2.75, 3.05) is 12.9 Å². The molecular weight excluding hydrogens is 432 g/mol. The lowest BCUT2D eigenvalue weighted by Crippen LogP contribution is -2.51. The molecule has 33 heavy (non-hydrogen) atoms. The molecule has 2 rings (SSSR count). The summed E-state index contributed by atoms with van der Waals surface area (Å²) in [5.41, 5.74) is 4.64. The van der Waals surface area contributed by atoms with Crippen LogP contribution in [-0.2, 0) is 21.9 Å². The van der Waals surface area contributed by atoms with Gasteiger partial charge in [-0.2, -0.15) is 0 Å². The first-order chi connectivity index (χ1) is 15.8. The monoisotopic (exact) mass is 470 g/mol. The van der Waals surface area contributed by atoms with Crippen LogP contribution in [0.3, 0.4) is 0 Å². The van der Waals surface area contributed by atoms with Gasteiger partial charge in [-0.15, -0.1) is 11.8 Å². The summed E-state index contributed by atoms with van der Waals surface area (Å²) in [5, 5.41) is 3.05. The van der Waals surface area contributed by atoms with Gasteiger partial charge in [0.1, 0.15) is 11.8 Å². The van der Waals surface area contributed by atoms with Crippen LogP contribution in [0.2, 0.25) is 0 Å². The van der Waals surface area contributed by atoms with Crippen LogP contribution in [0, 0.1) is 13.8 Å². The maximum Gasteiger partial charge on any atom is 0.243 e. The Kier molecular flexibility index (Phi) is 10.8. The lowest BCUT2D eigenvalue weighted by atomic mass is 10.1. The summed E-state index contributed by atoms with van der Waals surface area (Å²) in [6.07, 6.45) is 1.41. The molecule has 6 heteroatoms. The zero-order valence-electron chi connectivity index (χ0n) is 20.8. The number of carbonyl (C=O) groups excluding carboxylic acids is 2. The molecule has 0 aliphatic heterocycles. The number of thioether (sulfide) groups is 1. The van der Waals surface area contributed by atoms with E-state index in [4.69, 9.17) is 4.74 Å². The molecule has 2 aromatic carbocycles. The third kappa shape index (κ3) is 8.43. The summed E-state index contributed by atoms with van der Waals surface area (Å²) >= 11 is 1.59. The van der Waals surface area contributed by atoms with E-state index in [1.807, 2.05) is 45.0 Å². The molecule has 0 unspecified atom stereocenters. The molecule has 2 amide bonds. The van der Waals surface area contributed by atoms with Crippen LogP contribution in [-0.4, -0.2) is 41.7 Å². The smallest absolute Gasteiger partial charge is 0.243 e. The Morgan fingerprint density at radius 1 is 1.00 bits per heavy atom. The summed E-state index contributed by atoms with van der Waals surface area (Å²) < 4.78 is 5.25. The Balaban J connectivity index is 2.15. The number of carbonyl (C=O) groups is 2. The SMILES string of the molecule is CC[C@@H](C)NC(=O)[C@H](CC)N(Cc1ccc(OC)cc1)C(=O)CSCc1cc(C)cc(C)c1. The molecule has 0 spiro atoms. The largest absolute Gasteiger partial charge is 0.497 e. The molecule has 0 radical (unpaired) electrons. The van der Waals surface area contributed by atoms with Crippen molar-refractivity contribution in [2.45, 2.75) is 71.8 Å². The quantitative estimate of drug-likeness (QED) is 0.459. The molecule has 180 valence electrons. The number of hydrogen-bond acceptors (Lipinski definition) is 4. The van der Waals surface area contributed by atoms with Crippen molar-refractivity contribution >= 4 is 23.6 Å². The number of ether oxygens (including phenoxy) is 1. The average Bonchev–Trinajstić information content (AvgIpc) is 2.78. The Bertz CT molecular complexity index is 894. The maximum atomic E-state index is 13.4. The molecule has 2 aromatic rings. The molecule has 0 aliphatic rings. The van der Waals surface area contributed by atoms with E-state index in [-0.39, 0.29) is 17.9 Å². The van der Waals surface area contributed by atoms with Gasteiger partial charge >= 0.3 is 0 Å². The second-order valence-electron chi connectivity index (χ2n) is 8.60. The zero-order valence-corrected chi connectivity index (χ0v) is 21.6. The molecule has 0 aromatic heterocycles. The first-order valence-electron chi connectivity index (χ1n) is 11.6. The second-order valence-corrected chi connectivity index (χ2v) is 9.59. The van der Waals surface area contributed by atoms with Gasteiger partial charge in [0.2, 0.25) is 11.8 Å². The molecule has 1 N–H and O–H groups in total. The van der Waals surface area contributed by atoms with Crippen molar-refractivity contribution < 1.29 is 14.3 Å². The Hall–Kier alpha value is -2.47. The summed E-state index contributed by atoms with van der Waals surface area (Å²) in [5.74, 6) is 1.75. The minimum Gasteiger partial charge on any atom is -0.497 e. The molecule has 0 saturated carbocycles. The van der Waals surface area contributed by atoms with Gasteiger partial charge in [-0.3, -0.25) is 9.59 Å². The third-order valence-corrected chi connectivity index (χ3v) is 6.66. The predicted molar refractivity (Wildman–Crippen MR) is 138 cm³/mol. The van der Waals surface area contributed by atoms with Gasteiger partial charge in [-0.05, 0) is 56.9 Å². The molecule has 2 atom stereocenters. The highest BCUT2D eigenvalue weighted by molar-refractivity contribution is 7.99. The van der Waals surface area contributed by atoms with Crippen LogP contribution >= 0.6 is 11.8 Å². The minimum atomic E-state index is -0.504. The number of rotatable bonds is 12. The molecule has 0 heterocycles. The van der Waals surface area contributed by atoms with Crippen molar-refractivity contribution in [3.8, 4) is 5.75 Å². The van der Waals surface area contributed by atoms with Crippen LogP contribution in [0.1, 0.15) is 55.9 Å². The number of nitrogens with one attached hydrogen (secondary N) is 1. The highest BCUT2D eigenvalue weighted by Gasteiger charge is 2.29. The number of amides is 2. The van der Waals surface area contributed by atoms with Gasteiger partial charge in [0.05, 0.1) is 12.9 Å². The highest BCUT2D eigenvalue weighted by Crippen LogP contribution is 2.20. The topological polar surface area (TPSA) is 58.6 Å². The van der Waals surface area contributed by atoms with Crippen molar-refractivity contribution in [3.63, 3.8) is 0 Å². The van der Waals surface area contributed by atoms with Crippen molar-refractivity contribution in [2.24, 2.45) is 0 Å². The summed E-state index contributed by atoms with van der Waals surface area (Å²) in [6, 6.07) is 13.7. The number of methoxy groups -OCH3 is 1. The molecule has 0 saturated heterocycles. The fraction of sp³-hybridized carbons (Fsp3) is 0.481. The lowest BCUT2D eigenvalue weighted by molar-refractivity contribution is -0.139. The first-order valence-corrected chi connectivity index (χ1v) is 12.8. The van der Waals surface area contributed by atoms with Crippen molar-refractivity contribution in [1.82, 2.24) is 10.2 Å². The van der Waals surface area contributed by atoms with Gasteiger partial charge in [-0.25, -0.2) is 0 Å². The molecule has 0 aliphatic carbocycles. The second kappa shape index (κ2) is 13.3. The number of benzene rings is 2. The van der Waals surface area contributed by atoms with Crippen LogP contribution < -0.4 is 10.1 Å². The average molecular weight is 471 g/mol. The first kappa shape index (κ1) is 26.8. The van der Waals surface area contributed by atoms with Crippen LogP contribution in [0.4, 0.5) is 0 Å². The highest BCUT2D eigenvalue weighted by atomic mass is 32.2. The number of nitrogens with zero attached hydrogens (tertiary/aromatic N) is 1. The Morgan fingerprint density at radius 3 is 2.18 bits per heavy atom. The van der Waals surface area contributed by atoms with Crippen LogP contribution in [0.5, 0.6) is 5.75 Å². The van der Waals surface area contributed by atoms with E-state index in [2.05, 4.69) is 37.4 Å². The van der Waals surface area contributed by atoms with E-state index < -0.39 is 6.04 Å². The van der Waals surface area contributed by atoms with E-state index in [1.165, 1.54) is 16.7 Å². The van der Waals surface area contributed by atoms with Gasteiger partial charge in [0.15, 0.2) is 0 Å². The Morgan fingerprint density at radius 2 is 1.64 bits per heavy atom. The predicted octanol–water partition coefficient (Wildman–Crippen LogP) is 5.27. The third-order valence-electron chi connectivity index (χ3n) is 5.67. The summed E-state index contributed by atoms with van der Waals surface area (Å²) in [6.45, 7) is 10.5. The van der Waals surface area contributed by atoms with Crippen molar-refractivity contribution in [1.29, 1.82) is 0 Å². The normalized spacial score (nSPS) is 12.7. The van der Waals surface area contributed by atoms with E-state index in [1.54, 1.807) is 23.8 Å². The zero-order chi connectivity index (χ0) is 24.4. The number of hydrogen-bond donors (Lipinski definition) is 1. The fourth-order valence-corrected chi connectivity index (χ4v) is 4.62. The Labute approximate surface area is 203 Å². The van der Waals surface area contributed by atoms with Crippen LogP contribution in [0.15, 0.2) is 42.5 Å². The van der Waals surface area contributed by atoms with Gasteiger partial charge < -0.3 is 15.0 Å². The molecule has 0 fully saturated rings. The standard InChI is InChI=1S/C27H38N2O3S/c1-7-21(5)28-27(31)25(8-2)29(16-22-9-11-24(32-6)12-10-22)26(30)18-33-17-23-14-19(3)13-20(4)15-23/h9-15,21,25H,7-8,16-18H2,1-6H3,(H,28,31)/t21-,25+/m1/s1. The maximum absolute atomic E-state index is 13.4. The molecule has 0 bridgehead atoms. The van der Waals surface area contributed by atoms with Gasteiger partial charge in [-0.1, -0.05) is 55.3 Å². The van der Waals surface area contributed by atoms with Gasteiger partial charge in [0.25, 0.3) is 0 Å². The number of aryl methyl sites for hydroxylation is 2. The van der Waals surface area contributed by atoms with Crippen LogP contribution in [0.25, 0.3) is 0 Å². The van der Waals surface area contributed by atoms with Crippen molar-refractivity contribution in [3.05, 3.63) is 64.7 Å². The summed E-state index contributed by atoms with van der Waals surface area (Å²) in [4.78, 5) is 28.1. The fourth-order valence-electron chi connectivity index (χ4n) is 3.78. The van der Waals surface area contributed by atoms with Gasteiger partial charge in [0, 0.05) is 18.3 Å². The van der Waals surface area contributed by atoms with E-state index in [9.17, 15) is 9.59 Å². The van der Waals surface area contributed by atoms with E-state index in [0.717, 1.165) is 23.5 Å². The summed E-state index contributed by atoms with van der Waals surface area (Å²) in [7, 11) is 1.63. The van der Waals surface area contributed by atoms with E-state index in [0.29, 0.717) is 18.7 Å². The van der Waals surface area contributed by atoms with E-state index >= 15 is 0 Å². The minimum absolute atomic E-state index is 0.0219. The molecule has 5 nitrogen and oxygen atoms in total. The lowest BCUT2D eigenvalue weighted by Gasteiger charge is -2.31. The molecular formula is C27H38N2O3S.